The van der Waals surface area contributed by atoms with Gasteiger partial charge in [0.1, 0.15) is 12.0 Å². The van der Waals surface area contributed by atoms with Crippen molar-refractivity contribution >= 4 is 51.9 Å². The van der Waals surface area contributed by atoms with Crippen molar-refractivity contribution in [2.75, 3.05) is 5.32 Å². The molecule has 4 nitrogen and oxygen atoms in total. The van der Waals surface area contributed by atoms with Gasteiger partial charge < -0.3 is 5.32 Å². The normalized spacial score (nSPS) is 10.8. The molecule has 0 aliphatic heterocycles. The maximum absolute atomic E-state index is 11.4. The topological polar surface area (TPSA) is 54.9 Å². The van der Waals surface area contributed by atoms with Crippen molar-refractivity contribution in [3.05, 3.63) is 83.3 Å². The number of fused-ring (bicyclic) bond motifs is 1. The first-order chi connectivity index (χ1) is 13.6. The van der Waals surface area contributed by atoms with Crippen molar-refractivity contribution in [2.45, 2.75) is 16.7 Å². The molecule has 0 atom stereocenters. The summed E-state index contributed by atoms with van der Waals surface area (Å²) >= 11 is 7.91. The number of benzene rings is 3. The lowest BCUT2D eigenvalue weighted by Gasteiger charge is -2.15. The van der Waals surface area contributed by atoms with Crippen LogP contribution in [0.15, 0.2) is 76.8 Å². The number of anilines is 2. The van der Waals surface area contributed by atoms with Gasteiger partial charge in [0.2, 0.25) is 0 Å². The van der Waals surface area contributed by atoms with E-state index in [-0.39, 0.29) is 0 Å². The Bertz CT molecular complexity index is 1170. The second-order valence-electron chi connectivity index (χ2n) is 6.27. The maximum Gasteiger partial charge on any atom is 0.169 e. The lowest BCUT2D eigenvalue weighted by atomic mass is 10.1. The first kappa shape index (κ1) is 18.5. The number of nitrogens with one attached hydrogen (secondary N) is 1. The molecule has 0 saturated heterocycles. The van der Waals surface area contributed by atoms with Crippen LogP contribution in [0.1, 0.15) is 16.1 Å². The van der Waals surface area contributed by atoms with Gasteiger partial charge in [0.15, 0.2) is 6.29 Å². The number of hydrogen-bond acceptors (Lipinski definition) is 5. The van der Waals surface area contributed by atoms with Crippen molar-refractivity contribution in [2.24, 2.45) is 0 Å². The molecule has 0 amide bonds. The van der Waals surface area contributed by atoms with Gasteiger partial charge in [-0.15, -0.1) is 0 Å². The van der Waals surface area contributed by atoms with E-state index in [1.54, 1.807) is 11.8 Å². The molecular formula is C22H16ClN3OS. The van der Waals surface area contributed by atoms with Crippen LogP contribution in [-0.2, 0) is 0 Å². The summed E-state index contributed by atoms with van der Waals surface area (Å²) in [6.45, 7) is 1.98. The molecule has 1 aromatic heterocycles. The predicted octanol–water partition coefficient (Wildman–Crippen LogP) is 6.30. The van der Waals surface area contributed by atoms with E-state index in [1.807, 2.05) is 55.5 Å². The van der Waals surface area contributed by atoms with Crippen LogP contribution < -0.4 is 5.32 Å². The van der Waals surface area contributed by atoms with E-state index in [4.69, 9.17) is 11.6 Å². The molecule has 4 rings (SSSR count). The molecule has 0 aliphatic carbocycles. The van der Waals surface area contributed by atoms with Crippen LogP contribution in [0, 0.1) is 6.92 Å². The summed E-state index contributed by atoms with van der Waals surface area (Å²) in [6, 6.07) is 19.8. The standard InChI is InChI=1S/C22H16ClN3OS/c1-14-9-17-20(12-27)24-13-25-22(17)19(10-14)26-18-11-15(23)7-8-21(18)28-16-5-3-2-4-6-16/h2-13,26H,1H3. The number of carbonyl (C=O) groups is 1. The second-order valence-corrected chi connectivity index (χ2v) is 7.82. The molecular weight excluding hydrogens is 390 g/mol. The zero-order valence-electron chi connectivity index (χ0n) is 15.0. The number of hydrogen-bond donors (Lipinski definition) is 1. The molecule has 1 N–H and O–H groups in total. The summed E-state index contributed by atoms with van der Waals surface area (Å²) in [6.07, 6.45) is 2.16. The molecule has 0 bridgehead atoms. The van der Waals surface area contributed by atoms with Crippen LogP contribution >= 0.6 is 23.4 Å². The van der Waals surface area contributed by atoms with Crippen LogP contribution in [0.5, 0.6) is 0 Å². The Morgan fingerprint density at radius 3 is 2.61 bits per heavy atom. The monoisotopic (exact) mass is 405 g/mol. The largest absolute Gasteiger partial charge is 0.353 e. The van der Waals surface area contributed by atoms with Crippen molar-refractivity contribution in [1.82, 2.24) is 9.97 Å². The molecule has 1 heterocycles. The molecule has 0 aliphatic rings. The minimum absolute atomic E-state index is 0.377. The fourth-order valence-corrected chi connectivity index (χ4v) is 4.05. The molecule has 0 radical (unpaired) electrons. The molecule has 0 unspecified atom stereocenters. The van der Waals surface area contributed by atoms with E-state index in [0.29, 0.717) is 16.2 Å². The average molecular weight is 406 g/mol. The summed E-state index contributed by atoms with van der Waals surface area (Å²) in [5.74, 6) is 0. The van der Waals surface area contributed by atoms with E-state index in [1.165, 1.54) is 6.33 Å². The number of aryl methyl sites for hydroxylation is 1. The van der Waals surface area contributed by atoms with Crippen molar-refractivity contribution in [1.29, 1.82) is 0 Å². The Labute approximate surface area is 172 Å². The van der Waals surface area contributed by atoms with Crippen LogP contribution in [0.4, 0.5) is 11.4 Å². The minimum Gasteiger partial charge on any atom is -0.353 e. The van der Waals surface area contributed by atoms with Gasteiger partial charge in [0.05, 0.1) is 16.9 Å². The molecule has 0 spiro atoms. The Morgan fingerprint density at radius 2 is 1.82 bits per heavy atom. The third-order valence-corrected chi connectivity index (χ3v) is 5.53. The van der Waals surface area contributed by atoms with E-state index >= 15 is 0 Å². The number of nitrogens with zero attached hydrogens (tertiary/aromatic N) is 2. The molecule has 0 saturated carbocycles. The molecule has 6 heteroatoms. The summed E-state index contributed by atoms with van der Waals surface area (Å²) in [7, 11) is 0. The second kappa shape index (κ2) is 8.00. The van der Waals surface area contributed by atoms with Gasteiger partial charge in [-0.2, -0.15) is 0 Å². The van der Waals surface area contributed by atoms with Crippen LogP contribution in [-0.4, -0.2) is 16.3 Å². The highest BCUT2D eigenvalue weighted by molar-refractivity contribution is 7.99. The highest BCUT2D eigenvalue weighted by Gasteiger charge is 2.12. The van der Waals surface area contributed by atoms with Crippen LogP contribution in [0.25, 0.3) is 10.9 Å². The molecule has 138 valence electrons. The van der Waals surface area contributed by atoms with Gasteiger partial charge in [-0.1, -0.05) is 41.6 Å². The van der Waals surface area contributed by atoms with E-state index < -0.39 is 0 Å². The zero-order valence-corrected chi connectivity index (χ0v) is 16.6. The summed E-state index contributed by atoms with van der Waals surface area (Å²) < 4.78 is 0. The lowest BCUT2D eigenvalue weighted by Crippen LogP contribution is -1.99. The summed E-state index contributed by atoms with van der Waals surface area (Å²) in [5, 5.41) is 4.82. The van der Waals surface area contributed by atoms with Gasteiger partial charge in [0.25, 0.3) is 0 Å². The minimum atomic E-state index is 0.377. The fourth-order valence-electron chi connectivity index (χ4n) is 2.97. The van der Waals surface area contributed by atoms with Crippen molar-refractivity contribution < 1.29 is 4.79 Å². The SMILES string of the molecule is Cc1cc(Nc2cc(Cl)ccc2Sc2ccccc2)c2ncnc(C=O)c2c1. The first-order valence-electron chi connectivity index (χ1n) is 8.64. The smallest absolute Gasteiger partial charge is 0.169 e. The zero-order chi connectivity index (χ0) is 19.5. The highest BCUT2D eigenvalue weighted by Crippen LogP contribution is 2.37. The van der Waals surface area contributed by atoms with E-state index in [2.05, 4.69) is 27.4 Å². The molecule has 3 aromatic carbocycles. The number of rotatable bonds is 5. The average Bonchev–Trinajstić information content (AvgIpc) is 2.70. The Balaban J connectivity index is 1.79. The van der Waals surface area contributed by atoms with E-state index in [0.717, 1.165) is 38.4 Å². The molecule has 4 aromatic rings. The number of aldehydes is 1. The fraction of sp³-hybridized carbons (Fsp3) is 0.0455. The van der Waals surface area contributed by atoms with Gasteiger partial charge in [-0.3, -0.25) is 4.79 Å². The summed E-state index contributed by atoms with van der Waals surface area (Å²) in [4.78, 5) is 22.0. The van der Waals surface area contributed by atoms with Crippen molar-refractivity contribution in [3.63, 3.8) is 0 Å². The van der Waals surface area contributed by atoms with Gasteiger partial charge >= 0.3 is 0 Å². The number of carbonyl (C=O) groups excluding carboxylic acids is 1. The van der Waals surface area contributed by atoms with Gasteiger partial charge in [-0.25, -0.2) is 9.97 Å². The third kappa shape index (κ3) is 3.86. The van der Waals surface area contributed by atoms with Gasteiger partial charge in [-0.05, 0) is 55.0 Å². The Kier molecular flexibility index (Phi) is 5.28. The van der Waals surface area contributed by atoms with Crippen LogP contribution in [0.2, 0.25) is 5.02 Å². The summed E-state index contributed by atoms with van der Waals surface area (Å²) in [5.41, 5.74) is 3.75. The Hall–Kier alpha value is -2.89. The van der Waals surface area contributed by atoms with Crippen LogP contribution in [0.3, 0.4) is 0 Å². The Morgan fingerprint density at radius 1 is 1.00 bits per heavy atom. The molecule has 28 heavy (non-hydrogen) atoms. The predicted molar refractivity (Wildman–Crippen MR) is 115 cm³/mol. The quantitative estimate of drug-likeness (QED) is 0.395. The maximum atomic E-state index is 11.4. The van der Waals surface area contributed by atoms with Gasteiger partial charge in [0, 0.05) is 20.2 Å². The highest BCUT2D eigenvalue weighted by atomic mass is 35.5. The van der Waals surface area contributed by atoms with E-state index in [9.17, 15) is 4.79 Å². The first-order valence-corrected chi connectivity index (χ1v) is 9.83. The molecule has 0 fully saturated rings. The lowest BCUT2D eigenvalue weighted by molar-refractivity contribution is 0.112. The number of halogens is 1. The van der Waals surface area contributed by atoms with Crippen molar-refractivity contribution in [3.8, 4) is 0 Å². The number of aromatic nitrogens is 2. The third-order valence-electron chi connectivity index (χ3n) is 4.21.